The number of nitrogens with one attached hydrogen (secondary N) is 2. The van der Waals surface area contributed by atoms with Crippen LogP contribution in [0, 0.1) is 6.92 Å². The van der Waals surface area contributed by atoms with E-state index in [-0.39, 0.29) is 5.91 Å². The zero-order valence-corrected chi connectivity index (χ0v) is 16.7. The van der Waals surface area contributed by atoms with E-state index >= 15 is 0 Å². The number of amides is 1. The molecule has 0 fully saturated rings. The van der Waals surface area contributed by atoms with Crippen LogP contribution in [-0.4, -0.2) is 35.6 Å². The second kappa shape index (κ2) is 8.94. The summed E-state index contributed by atoms with van der Waals surface area (Å²) in [4.78, 5) is 21.5. The number of ether oxygens (including phenoxy) is 2. The molecule has 2 aliphatic rings. The first kappa shape index (κ1) is 19.2. The van der Waals surface area contributed by atoms with Crippen molar-refractivity contribution < 1.29 is 14.3 Å². The normalized spacial score (nSPS) is 15.4. The number of allylic oxidation sites excluding steroid dienone is 1. The van der Waals surface area contributed by atoms with Crippen LogP contribution in [0.1, 0.15) is 48.3 Å². The Morgan fingerprint density at radius 2 is 1.97 bits per heavy atom. The number of hydrogen-bond donors (Lipinski definition) is 2. The highest BCUT2D eigenvalue weighted by atomic mass is 16.6. The molecular formula is C22H26N4O3. The molecule has 1 aliphatic carbocycles. The first-order valence-electron chi connectivity index (χ1n) is 10.2. The standard InChI is InChI=1S/C22H26N4O3/c1-15-13-18(26-22(24-15)23-10-9-16-5-3-2-4-6-16)21(27)25-17-7-8-19-20(14-17)29-12-11-28-19/h5,7-8,13-14H,2-4,6,9-12H2,1H3,(H,25,27)(H,23,24,26). The van der Waals surface area contributed by atoms with Crippen molar-refractivity contribution in [2.75, 3.05) is 30.4 Å². The second-order valence-corrected chi connectivity index (χ2v) is 7.32. The Hall–Kier alpha value is -3.09. The molecule has 152 valence electrons. The fraction of sp³-hybridized carbons (Fsp3) is 0.409. The molecule has 0 spiro atoms. The van der Waals surface area contributed by atoms with Gasteiger partial charge in [0.2, 0.25) is 5.95 Å². The number of carbonyl (C=O) groups excluding carboxylic acids is 1. The van der Waals surface area contributed by atoms with Crippen molar-refractivity contribution in [1.82, 2.24) is 9.97 Å². The van der Waals surface area contributed by atoms with Crippen molar-refractivity contribution in [2.24, 2.45) is 0 Å². The van der Waals surface area contributed by atoms with E-state index in [4.69, 9.17) is 9.47 Å². The van der Waals surface area contributed by atoms with Crippen LogP contribution < -0.4 is 20.1 Å². The highest BCUT2D eigenvalue weighted by molar-refractivity contribution is 6.03. The summed E-state index contributed by atoms with van der Waals surface area (Å²) in [6.45, 7) is 3.66. The monoisotopic (exact) mass is 394 g/mol. The summed E-state index contributed by atoms with van der Waals surface area (Å²) in [7, 11) is 0. The lowest BCUT2D eigenvalue weighted by Crippen LogP contribution is -2.18. The summed E-state index contributed by atoms with van der Waals surface area (Å²) in [5.74, 6) is 1.51. The maximum absolute atomic E-state index is 12.7. The zero-order valence-electron chi connectivity index (χ0n) is 16.7. The number of fused-ring (bicyclic) bond motifs is 1. The Balaban J connectivity index is 1.39. The van der Waals surface area contributed by atoms with Gasteiger partial charge in [0.05, 0.1) is 0 Å². The van der Waals surface area contributed by atoms with Gasteiger partial charge in [0.15, 0.2) is 11.5 Å². The van der Waals surface area contributed by atoms with Crippen molar-refractivity contribution in [3.63, 3.8) is 0 Å². The molecule has 4 rings (SSSR count). The minimum atomic E-state index is -0.287. The largest absolute Gasteiger partial charge is 0.486 e. The summed E-state index contributed by atoms with van der Waals surface area (Å²) in [5, 5.41) is 6.12. The van der Waals surface area contributed by atoms with Gasteiger partial charge in [-0.25, -0.2) is 9.97 Å². The number of aryl methyl sites for hydroxylation is 1. The van der Waals surface area contributed by atoms with Crippen LogP contribution in [0.25, 0.3) is 0 Å². The van der Waals surface area contributed by atoms with Crippen LogP contribution in [0.2, 0.25) is 0 Å². The smallest absolute Gasteiger partial charge is 0.274 e. The van der Waals surface area contributed by atoms with Gasteiger partial charge in [-0.1, -0.05) is 11.6 Å². The maximum Gasteiger partial charge on any atom is 0.274 e. The molecule has 1 aliphatic heterocycles. The Kier molecular flexibility index (Phi) is 5.93. The first-order valence-corrected chi connectivity index (χ1v) is 10.2. The molecule has 2 heterocycles. The molecule has 0 unspecified atom stereocenters. The van der Waals surface area contributed by atoms with Crippen molar-refractivity contribution in [3.8, 4) is 11.5 Å². The first-order chi connectivity index (χ1) is 14.2. The summed E-state index contributed by atoms with van der Waals surface area (Å²) >= 11 is 0. The zero-order chi connectivity index (χ0) is 20.1. The van der Waals surface area contributed by atoms with E-state index < -0.39 is 0 Å². The highest BCUT2D eigenvalue weighted by Crippen LogP contribution is 2.32. The third kappa shape index (κ3) is 5.04. The molecule has 7 heteroatoms. The van der Waals surface area contributed by atoms with E-state index in [1.807, 2.05) is 6.92 Å². The number of benzene rings is 1. The van der Waals surface area contributed by atoms with E-state index in [2.05, 4.69) is 26.7 Å². The number of aromatic nitrogens is 2. The van der Waals surface area contributed by atoms with Crippen molar-refractivity contribution in [3.05, 3.63) is 47.3 Å². The number of rotatable bonds is 6. The molecule has 2 N–H and O–H groups in total. The Morgan fingerprint density at radius 3 is 2.79 bits per heavy atom. The fourth-order valence-corrected chi connectivity index (χ4v) is 3.55. The number of nitrogens with zero attached hydrogens (tertiary/aromatic N) is 2. The van der Waals surface area contributed by atoms with E-state index in [1.54, 1.807) is 24.3 Å². The molecule has 0 bridgehead atoms. The molecule has 2 aromatic rings. The molecule has 0 saturated carbocycles. The summed E-state index contributed by atoms with van der Waals surface area (Å²) in [5.41, 5.74) is 3.20. The van der Waals surface area contributed by atoms with Crippen LogP contribution in [0.15, 0.2) is 35.9 Å². The molecule has 0 radical (unpaired) electrons. The van der Waals surface area contributed by atoms with Gasteiger partial charge in [-0.2, -0.15) is 0 Å². The average molecular weight is 394 g/mol. The van der Waals surface area contributed by atoms with Crippen LogP contribution in [-0.2, 0) is 0 Å². The van der Waals surface area contributed by atoms with Crippen LogP contribution in [0.4, 0.5) is 11.6 Å². The molecule has 0 atom stereocenters. The topological polar surface area (TPSA) is 85.4 Å². The van der Waals surface area contributed by atoms with E-state index in [0.717, 1.165) is 18.7 Å². The van der Waals surface area contributed by atoms with E-state index in [1.165, 1.54) is 31.3 Å². The maximum atomic E-state index is 12.7. The third-order valence-corrected chi connectivity index (χ3v) is 5.00. The molecule has 0 saturated heterocycles. The molecular weight excluding hydrogens is 368 g/mol. The van der Waals surface area contributed by atoms with Gasteiger partial charge in [-0.15, -0.1) is 0 Å². The van der Waals surface area contributed by atoms with Crippen molar-refractivity contribution in [2.45, 2.75) is 39.0 Å². The van der Waals surface area contributed by atoms with Crippen molar-refractivity contribution in [1.29, 1.82) is 0 Å². The van der Waals surface area contributed by atoms with E-state index in [0.29, 0.717) is 42.0 Å². The molecule has 29 heavy (non-hydrogen) atoms. The van der Waals surface area contributed by atoms with Gasteiger partial charge in [-0.3, -0.25) is 4.79 Å². The lowest BCUT2D eigenvalue weighted by atomic mass is 9.97. The van der Waals surface area contributed by atoms with Crippen LogP contribution >= 0.6 is 0 Å². The average Bonchev–Trinajstić information content (AvgIpc) is 2.74. The quantitative estimate of drug-likeness (QED) is 0.717. The minimum Gasteiger partial charge on any atom is -0.486 e. The lowest BCUT2D eigenvalue weighted by Gasteiger charge is -2.19. The van der Waals surface area contributed by atoms with Gasteiger partial charge < -0.3 is 20.1 Å². The minimum absolute atomic E-state index is 0.287. The number of anilines is 2. The summed E-state index contributed by atoms with van der Waals surface area (Å²) in [6.07, 6.45) is 8.25. The Morgan fingerprint density at radius 1 is 1.10 bits per heavy atom. The predicted octanol–water partition coefficient (Wildman–Crippen LogP) is 4.11. The Bertz CT molecular complexity index is 926. The van der Waals surface area contributed by atoms with Gasteiger partial charge >= 0.3 is 0 Å². The lowest BCUT2D eigenvalue weighted by molar-refractivity contribution is 0.102. The van der Waals surface area contributed by atoms with Crippen molar-refractivity contribution >= 4 is 17.5 Å². The summed E-state index contributed by atoms with van der Waals surface area (Å²) < 4.78 is 11.1. The van der Waals surface area contributed by atoms with Gasteiger partial charge in [0, 0.05) is 24.0 Å². The van der Waals surface area contributed by atoms with Crippen LogP contribution in [0.5, 0.6) is 11.5 Å². The predicted molar refractivity (Wildman–Crippen MR) is 112 cm³/mol. The molecule has 1 aromatic carbocycles. The van der Waals surface area contributed by atoms with Gasteiger partial charge in [-0.05, 0) is 57.2 Å². The Labute approximate surface area is 170 Å². The molecule has 1 aromatic heterocycles. The SMILES string of the molecule is Cc1cc(C(=O)Nc2ccc3c(c2)OCCO3)nc(NCCC2=CCCCC2)n1. The highest BCUT2D eigenvalue weighted by Gasteiger charge is 2.15. The van der Waals surface area contributed by atoms with Gasteiger partial charge in [0.25, 0.3) is 5.91 Å². The third-order valence-electron chi connectivity index (χ3n) is 5.00. The summed E-state index contributed by atoms with van der Waals surface area (Å²) in [6, 6.07) is 7.03. The fourth-order valence-electron chi connectivity index (χ4n) is 3.55. The second-order valence-electron chi connectivity index (χ2n) is 7.32. The molecule has 7 nitrogen and oxygen atoms in total. The molecule has 1 amide bonds. The van der Waals surface area contributed by atoms with Gasteiger partial charge in [0.1, 0.15) is 18.9 Å². The number of hydrogen-bond acceptors (Lipinski definition) is 6. The van der Waals surface area contributed by atoms with Crippen LogP contribution in [0.3, 0.4) is 0 Å². The van der Waals surface area contributed by atoms with E-state index in [9.17, 15) is 4.79 Å². The number of carbonyl (C=O) groups is 1.